The van der Waals surface area contributed by atoms with Crippen LogP contribution in [0.1, 0.15) is 39.1 Å². The molecule has 0 spiro atoms. The second-order valence-electron chi connectivity index (χ2n) is 5.89. The molecule has 0 aromatic heterocycles. The van der Waals surface area contributed by atoms with Gasteiger partial charge in [-0.3, -0.25) is 14.4 Å². The maximum atomic E-state index is 12.7. The number of rotatable bonds is 4. The van der Waals surface area contributed by atoms with E-state index >= 15 is 0 Å². The van der Waals surface area contributed by atoms with Gasteiger partial charge in [0.15, 0.2) is 5.78 Å². The summed E-state index contributed by atoms with van der Waals surface area (Å²) in [6.45, 7) is 0.401. The van der Waals surface area contributed by atoms with Gasteiger partial charge >= 0.3 is 0 Å². The second-order valence-corrected chi connectivity index (χ2v) is 6.33. The molecule has 1 aliphatic heterocycles. The number of ketones is 1. The lowest BCUT2D eigenvalue weighted by molar-refractivity contribution is -0.122. The Hall–Kier alpha value is -2.66. The highest BCUT2D eigenvalue weighted by Crippen LogP contribution is 2.17. The van der Waals surface area contributed by atoms with E-state index in [2.05, 4.69) is 10.6 Å². The first-order valence-electron chi connectivity index (χ1n) is 8.01. The molecule has 2 aromatic rings. The summed E-state index contributed by atoms with van der Waals surface area (Å²) in [7, 11) is 0. The van der Waals surface area contributed by atoms with Crippen molar-refractivity contribution in [2.75, 3.05) is 6.54 Å². The lowest BCUT2D eigenvalue weighted by Gasteiger charge is -2.23. The summed E-state index contributed by atoms with van der Waals surface area (Å²) < 4.78 is 0. The summed E-state index contributed by atoms with van der Waals surface area (Å²) in [6.07, 6.45) is 0.973. The third-order valence-corrected chi connectivity index (χ3v) is 4.38. The summed E-state index contributed by atoms with van der Waals surface area (Å²) >= 11 is 5.86. The lowest BCUT2D eigenvalue weighted by atomic mass is 9.97. The first-order chi connectivity index (χ1) is 12.0. The van der Waals surface area contributed by atoms with Gasteiger partial charge in [0.25, 0.3) is 5.91 Å². The fourth-order valence-corrected chi connectivity index (χ4v) is 2.88. The van der Waals surface area contributed by atoms with Gasteiger partial charge in [-0.1, -0.05) is 29.8 Å². The minimum atomic E-state index is -0.320. The van der Waals surface area contributed by atoms with Crippen molar-refractivity contribution in [2.24, 2.45) is 0 Å². The van der Waals surface area contributed by atoms with Crippen LogP contribution < -0.4 is 10.6 Å². The Balaban J connectivity index is 1.80. The van der Waals surface area contributed by atoms with Crippen LogP contribution in [0.15, 0.2) is 48.5 Å². The van der Waals surface area contributed by atoms with E-state index in [1.165, 1.54) is 0 Å². The van der Waals surface area contributed by atoms with Crippen LogP contribution in [0.5, 0.6) is 0 Å². The molecule has 2 N–H and O–H groups in total. The Morgan fingerprint density at radius 1 is 1.04 bits per heavy atom. The van der Waals surface area contributed by atoms with E-state index in [9.17, 15) is 14.4 Å². The summed E-state index contributed by atoms with van der Waals surface area (Å²) in [5, 5.41) is 6.15. The largest absolute Gasteiger partial charge is 0.354 e. The maximum absolute atomic E-state index is 12.7. The summed E-state index contributed by atoms with van der Waals surface area (Å²) in [5.41, 5.74) is 1.12. The van der Waals surface area contributed by atoms with Gasteiger partial charge in [0, 0.05) is 35.2 Å². The average Bonchev–Trinajstić information content (AvgIpc) is 2.63. The standard InChI is InChI=1S/C19H17ClN2O3/c20-13-7-5-12(6-8-13)18(24)15-3-1-2-4-16(15)19(25)22-14-9-10-17(23)21-11-14/h1-8,14H,9-11H2,(H,21,23)(H,22,25). The molecule has 5 nitrogen and oxygen atoms in total. The zero-order valence-electron chi connectivity index (χ0n) is 13.4. The topological polar surface area (TPSA) is 75.3 Å². The highest BCUT2D eigenvalue weighted by atomic mass is 35.5. The number of halogens is 1. The van der Waals surface area contributed by atoms with Crippen molar-refractivity contribution in [3.05, 3.63) is 70.2 Å². The Kier molecular flexibility index (Phi) is 5.14. The van der Waals surface area contributed by atoms with E-state index in [0.717, 1.165) is 0 Å². The number of amides is 2. The normalized spacial score (nSPS) is 16.8. The minimum Gasteiger partial charge on any atom is -0.354 e. The van der Waals surface area contributed by atoms with Crippen molar-refractivity contribution >= 4 is 29.2 Å². The Morgan fingerprint density at radius 2 is 1.72 bits per heavy atom. The number of hydrogen-bond donors (Lipinski definition) is 2. The van der Waals surface area contributed by atoms with Crippen molar-refractivity contribution in [1.82, 2.24) is 10.6 Å². The predicted octanol–water partition coefficient (Wildman–Crippen LogP) is 2.58. The van der Waals surface area contributed by atoms with Crippen LogP contribution in [-0.4, -0.2) is 30.2 Å². The van der Waals surface area contributed by atoms with Crippen LogP contribution in [0.2, 0.25) is 5.02 Å². The number of piperidine rings is 1. The molecule has 1 atom stereocenters. The van der Waals surface area contributed by atoms with E-state index in [1.54, 1.807) is 48.5 Å². The van der Waals surface area contributed by atoms with E-state index in [-0.39, 0.29) is 23.6 Å². The van der Waals surface area contributed by atoms with Gasteiger partial charge in [0.05, 0.1) is 5.56 Å². The molecule has 2 aromatic carbocycles. The second kappa shape index (κ2) is 7.49. The molecular weight excluding hydrogens is 340 g/mol. The number of carbonyl (C=O) groups excluding carboxylic acids is 3. The Labute approximate surface area is 150 Å². The molecule has 1 saturated heterocycles. The molecule has 0 bridgehead atoms. The quantitative estimate of drug-likeness (QED) is 0.827. The monoisotopic (exact) mass is 356 g/mol. The van der Waals surface area contributed by atoms with Gasteiger partial charge in [-0.25, -0.2) is 0 Å². The molecule has 1 fully saturated rings. The summed E-state index contributed by atoms with van der Waals surface area (Å²) in [4.78, 5) is 36.6. The predicted molar refractivity (Wildman–Crippen MR) is 94.8 cm³/mol. The zero-order chi connectivity index (χ0) is 17.8. The molecule has 0 aliphatic carbocycles. The molecule has 1 unspecified atom stereocenters. The summed E-state index contributed by atoms with van der Waals surface area (Å²) in [6, 6.07) is 13.1. The minimum absolute atomic E-state index is 0.0104. The van der Waals surface area contributed by atoms with Gasteiger partial charge in [0.2, 0.25) is 5.91 Å². The fraction of sp³-hybridized carbons (Fsp3) is 0.211. The number of hydrogen-bond acceptors (Lipinski definition) is 3. The number of carbonyl (C=O) groups is 3. The highest BCUT2D eigenvalue weighted by Gasteiger charge is 2.23. The first-order valence-corrected chi connectivity index (χ1v) is 8.39. The van der Waals surface area contributed by atoms with E-state index in [0.29, 0.717) is 41.1 Å². The van der Waals surface area contributed by atoms with Crippen LogP contribution in [-0.2, 0) is 4.79 Å². The molecule has 1 heterocycles. The SMILES string of the molecule is O=C1CCC(NC(=O)c2ccccc2C(=O)c2ccc(Cl)cc2)CN1. The van der Waals surface area contributed by atoms with Crippen LogP contribution in [0.25, 0.3) is 0 Å². The smallest absolute Gasteiger partial charge is 0.252 e. The number of nitrogens with one attached hydrogen (secondary N) is 2. The highest BCUT2D eigenvalue weighted by molar-refractivity contribution is 6.30. The Morgan fingerprint density at radius 3 is 2.36 bits per heavy atom. The third-order valence-electron chi connectivity index (χ3n) is 4.12. The van der Waals surface area contributed by atoms with Crippen molar-refractivity contribution in [3.8, 4) is 0 Å². The maximum Gasteiger partial charge on any atom is 0.252 e. The number of benzene rings is 2. The van der Waals surface area contributed by atoms with E-state index < -0.39 is 0 Å². The van der Waals surface area contributed by atoms with Crippen molar-refractivity contribution in [3.63, 3.8) is 0 Å². The lowest BCUT2D eigenvalue weighted by Crippen LogP contribution is -2.47. The molecule has 128 valence electrons. The van der Waals surface area contributed by atoms with E-state index in [1.807, 2.05) is 0 Å². The Bertz CT molecular complexity index is 808. The van der Waals surface area contributed by atoms with Gasteiger partial charge in [-0.2, -0.15) is 0 Å². The van der Waals surface area contributed by atoms with Crippen molar-refractivity contribution in [1.29, 1.82) is 0 Å². The fourth-order valence-electron chi connectivity index (χ4n) is 2.76. The molecule has 0 saturated carbocycles. The molecule has 6 heteroatoms. The summed E-state index contributed by atoms with van der Waals surface area (Å²) in [5.74, 6) is -0.567. The molecular formula is C19H17ClN2O3. The van der Waals surface area contributed by atoms with E-state index in [4.69, 9.17) is 11.6 Å². The van der Waals surface area contributed by atoms with Gasteiger partial charge < -0.3 is 10.6 Å². The van der Waals surface area contributed by atoms with Gasteiger partial charge in [0.1, 0.15) is 0 Å². The molecule has 2 amide bonds. The van der Waals surface area contributed by atoms with Crippen LogP contribution in [0.4, 0.5) is 0 Å². The molecule has 0 radical (unpaired) electrons. The van der Waals surface area contributed by atoms with Crippen LogP contribution in [0.3, 0.4) is 0 Å². The van der Waals surface area contributed by atoms with Crippen LogP contribution >= 0.6 is 11.6 Å². The van der Waals surface area contributed by atoms with Gasteiger partial charge in [-0.15, -0.1) is 0 Å². The first kappa shape index (κ1) is 17.2. The molecule has 1 aliphatic rings. The molecule has 25 heavy (non-hydrogen) atoms. The van der Waals surface area contributed by atoms with Crippen molar-refractivity contribution < 1.29 is 14.4 Å². The zero-order valence-corrected chi connectivity index (χ0v) is 14.2. The van der Waals surface area contributed by atoms with Crippen molar-refractivity contribution in [2.45, 2.75) is 18.9 Å². The average molecular weight is 357 g/mol. The van der Waals surface area contributed by atoms with Gasteiger partial charge in [-0.05, 0) is 36.8 Å². The third kappa shape index (κ3) is 4.06. The molecule has 3 rings (SSSR count). The van der Waals surface area contributed by atoms with Crippen LogP contribution in [0, 0.1) is 0 Å².